The number of aryl methyl sites for hydroxylation is 1. The van der Waals surface area contributed by atoms with Gasteiger partial charge in [0.05, 0.1) is 6.10 Å². The van der Waals surface area contributed by atoms with Gasteiger partial charge in [0.25, 0.3) is 0 Å². The normalized spacial score (nSPS) is 12.2. The van der Waals surface area contributed by atoms with E-state index in [0.717, 1.165) is 24.1 Å². The van der Waals surface area contributed by atoms with Crippen molar-refractivity contribution in [2.24, 2.45) is 0 Å². The number of hydrogen-bond acceptors (Lipinski definition) is 2. The Morgan fingerprint density at radius 1 is 1.14 bits per heavy atom. The number of anilines is 1. The first-order valence-corrected chi connectivity index (χ1v) is 7.33. The largest absolute Gasteiger partial charge is 0.387 e. The van der Waals surface area contributed by atoms with Gasteiger partial charge in [-0.05, 0) is 35.7 Å². The second kappa shape index (κ2) is 7.23. The number of benzene rings is 2. The molecule has 0 aliphatic carbocycles. The van der Waals surface area contributed by atoms with E-state index in [4.69, 9.17) is 0 Å². The zero-order valence-electron chi connectivity index (χ0n) is 12.6. The number of nitrogens with zero attached hydrogens (tertiary/aromatic N) is 1. The lowest BCUT2D eigenvalue weighted by Gasteiger charge is -2.23. The standard InChI is InChI=1S/C18H22FNO/c1-3-5-14-8-10-15(11-9-14)18(21)13-20(2)17-7-4-6-16(19)12-17/h4,6-12,18,21H,3,5,13H2,1-2H3. The fourth-order valence-electron chi connectivity index (χ4n) is 2.38. The van der Waals surface area contributed by atoms with Gasteiger partial charge in [0, 0.05) is 19.3 Å². The first-order chi connectivity index (χ1) is 10.1. The van der Waals surface area contributed by atoms with Gasteiger partial charge >= 0.3 is 0 Å². The number of aliphatic hydroxyl groups is 1. The monoisotopic (exact) mass is 287 g/mol. The first-order valence-electron chi connectivity index (χ1n) is 7.33. The molecular weight excluding hydrogens is 265 g/mol. The van der Waals surface area contributed by atoms with Gasteiger partial charge in [-0.15, -0.1) is 0 Å². The second-order valence-corrected chi connectivity index (χ2v) is 5.37. The van der Waals surface area contributed by atoms with Crippen molar-refractivity contribution in [1.82, 2.24) is 0 Å². The van der Waals surface area contributed by atoms with Crippen LogP contribution < -0.4 is 4.90 Å². The quantitative estimate of drug-likeness (QED) is 0.869. The van der Waals surface area contributed by atoms with Crippen molar-refractivity contribution in [3.05, 3.63) is 65.5 Å². The van der Waals surface area contributed by atoms with E-state index in [2.05, 4.69) is 19.1 Å². The Labute approximate surface area is 125 Å². The van der Waals surface area contributed by atoms with Gasteiger partial charge in [0.15, 0.2) is 0 Å². The lowest BCUT2D eigenvalue weighted by Crippen LogP contribution is -2.24. The van der Waals surface area contributed by atoms with Crippen molar-refractivity contribution in [1.29, 1.82) is 0 Å². The number of likely N-dealkylation sites (N-methyl/N-ethyl adjacent to an activating group) is 1. The van der Waals surface area contributed by atoms with Gasteiger partial charge in [-0.1, -0.05) is 43.7 Å². The Kier molecular flexibility index (Phi) is 5.34. The summed E-state index contributed by atoms with van der Waals surface area (Å²) in [4.78, 5) is 1.85. The summed E-state index contributed by atoms with van der Waals surface area (Å²) in [6.07, 6.45) is 1.58. The molecule has 1 unspecified atom stereocenters. The summed E-state index contributed by atoms with van der Waals surface area (Å²) in [5.41, 5.74) is 2.93. The molecule has 2 aromatic carbocycles. The highest BCUT2D eigenvalue weighted by molar-refractivity contribution is 5.46. The molecule has 2 rings (SSSR count). The summed E-state index contributed by atoms with van der Waals surface area (Å²) < 4.78 is 13.2. The van der Waals surface area contributed by atoms with Gasteiger partial charge in [-0.25, -0.2) is 4.39 Å². The van der Waals surface area contributed by atoms with E-state index >= 15 is 0 Å². The van der Waals surface area contributed by atoms with Crippen molar-refractivity contribution in [3.63, 3.8) is 0 Å². The van der Waals surface area contributed by atoms with Crippen molar-refractivity contribution in [2.75, 3.05) is 18.5 Å². The second-order valence-electron chi connectivity index (χ2n) is 5.37. The first kappa shape index (κ1) is 15.5. The molecule has 0 saturated heterocycles. The van der Waals surface area contributed by atoms with Crippen LogP contribution >= 0.6 is 0 Å². The Morgan fingerprint density at radius 3 is 2.48 bits per heavy atom. The molecule has 21 heavy (non-hydrogen) atoms. The third kappa shape index (κ3) is 4.30. The Morgan fingerprint density at radius 2 is 1.86 bits per heavy atom. The third-order valence-corrected chi connectivity index (χ3v) is 3.60. The molecule has 2 nitrogen and oxygen atoms in total. The average molecular weight is 287 g/mol. The minimum absolute atomic E-state index is 0.266. The van der Waals surface area contributed by atoms with Crippen molar-refractivity contribution in [2.45, 2.75) is 25.9 Å². The molecule has 0 amide bonds. The summed E-state index contributed by atoms with van der Waals surface area (Å²) >= 11 is 0. The fourth-order valence-corrected chi connectivity index (χ4v) is 2.38. The van der Waals surface area contributed by atoms with Gasteiger partial charge in [-0.2, -0.15) is 0 Å². The molecule has 0 aromatic heterocycles. The van der Waals surface area contributed by atoms with Crippen LogP contribution in [0.5, 0.6) is 0 Å². The third-order valence-electron chi connectivity index (χ3n) is 3.60. The van der Waals surface area contributed by atoms with E-state index in [-0.39, 0.29) is 5.82 Å². The SMILES string of the molecule is CCCc1ccc(C(O)CN(C)c2cccc(F)c2)cc1. The molecule has 0 aliphatic rings. The number of hydrogen-bond donors (Lipinski definition) is 1. The Bertz CT molecular complexity index is 568. The van der Waals surface area contributed by atoms with Gasteiger partial charge in [0.1, 0.15) is 5.82 Å². The zero-order chi connectivity index (χ0) is 15.2. The van der Waals surface area contributed by atoms with Gasteiger partial charge < -0.3 is 10.0 Å². The van der Waals surface area contributed by atoms with Crippen LogP contribution in [-0.2, 0) is 6.42 Å². The molecule has 2 aromatic rings. The smallest absolute Gasteiger partial charge is 0.125 e. The molecule has 0 spiro atoms. The summed E-state index contributed by atoms with van der Waals surface area (Å²) in [5, 5.41) is 10.3. The molecule has 1 atom stereocenters. The highest BCUT2D eigenvalue weighted by Gasteiger charge is 2.11. The summed E-state index contributed by atoms with van der Waals surface area (Å²) in [6, 6.07) is 14.4. The van der Waals surface area contributed by atoms with Crippen molar-refractivity contribution < 1.29 is 9.50 Å². The van der Waals surface area contributed by atoms with Crippen LogP contribution in [0.4, 0.5) is 10.1 Å². The van der Waals surface area contributed by atoms with Gasteiger partial charge in [0.2, 0.25) is 0 Å². The molecule has 0 heterocycles. The molecule has 0 aliphatic heterocycles. The maximum absolute atomic E-state index is 13.2. The molecular formula is C18H22FNO. The van der Waals surface area contributed by atoms with E-state index in [0.29, 0.717) is 6.54 Å². The topological polar surface area (TPSA) is 23.5 Å². The molecule has 3 heteroatoms. The maximum atomic E-state index is 13.2. The molecule has 1 N–H and O–H groups in total. The summed E-state index contributed by atoms with van der Waals surface area (Å²) in [5.74, 6) is -0.266. The van der Waals surface area contributed by atoms with Crippen LogP contribution in [0.1, 0.15) is 30.6 Å². The van der Waals surface area contributed by atoms with E-state index in [9.17, 15) is 9.50 Å². The zero-order valence-corrected chi connectivity index (χ0v) is 12.6. The molecule has 0 saturated carbocycles. The highest BCUT2D eigenvalue weighted by atomic mass is 19.1. The Hall–Kier alpha value is -1.87. The van der Waals surface area contributed by atoms with Crippen LogP contribution in [0.15, 0.2) is 48.5 Å². The minimum atomic E-state index is -0.589. The van der Waals surface area contributed by atoms with E-state index in [1.54, 1.807) is 6.07 Å². The fraction of sp³-hybridized carbons (Fsp3) is 0.333. The molecule has 112 valence electrons. The number of aliphatic hydroxyl groups excluding tert-OH is 1. The van der Waals surface area contributed by atoms with Crippen molar-refractivity contribution >= 4 is 5.69 Å². The predicted molar refractivity (Wildman–Crippen MR) is 85.1 cm³/mol. The van der Waals surface area contributed by atoms with Crippen LogP contribution in [0, 0.1) is 5.82 Å². The van der Waals surface area contributed by atoms with E-state index < -0.39 is 6.10 Å². The van der Waals surface area contributed by atoms with Crippen molar-refractivity contribution in [3.8, 4) is 0 Å². The molecule has 0 bridgehead atoms. The van der Waals surface area contributed by atoms with E-state index in [1.807, 2.05) is 30.1 Å². The number of rotatable bonds is 6. The lowest BCUT2D eigenvalue weighted by atomic mass is 10.0. The van der Waals surface area contributed by atoms with Crippen LogP contribution in [0.2, 0.25) is 0 Å². The molecule has 0 fully saturated rings. The highest BCUT2D eigenvalue weighted by Crippen LogP contribution is 2.20. The summed E-state index contributed by atoms with van der Waals surface area (Å²) in [6.45, 7) is 2.58. The van der Waals surface area contributed by atoms with E-state index in [1.165, 1.54) is 17.7 Å². The van der Waals surface area contributed by atoms with Crippen LogP contribution in [0.25, 0.3) is 0 Å². The van der Waals surface area contributed by atoms with Crippen LogP contribution in [0.3, 0.4) is 0 Å². The molecule has 0 radical (unpaired) electrons. The lowest BCUT2D eigenvalue weighted by molar-refractivity contribution is 0.185. The maximum Gasteiger partial charge on any atom is 0.125 e. The summed E-state index contributed by atoms with van der Waals surface area (Å²) in [7, 11) is 1.85. The predicted octanol–water partition coefficient (Wildman–Crippen LogP) is 3.95. The van der Waals surface area contributed by atoms with Gasteiger partial charge in [-0.3, -0.25) is 0 Å². The Balaban J connectivity index is 2.01. The number of halogens is 1. The average Bonchev–Trinajstić information content (AvgIpc) is 2.48. The van der Waals surface area contributed by atoms with Crippen LogP contribution in [-0.4, -0.2) is 18.7 Å². The minimum Gasteiger partial charge on any atom is -0.387 e.